The number of nitrogens with one attached hydrogen (secondary N) is 3. The number of amides is 4. The third-order valence-electron chi connectivity index (χ3n) is 11.0. The SMILES string of the molecule is CC(C)(C)OC(=O)N[C@H]1CCCCC/C=C\[C@@H]2C[C@@]2(C(=O)NS(=O)(=O)C2CC2)NC(=O)[C@@H]2C[C@@H](Oc3nc(-c4ccccc4)nc4c3oc3ccccc34)CN2C1=O. The highest BCUT2D eigenvalue weighted by molar-refractivity contribution is 7.91. The van der Waals surface area contributed by atoms with Crippen molar-refractivity contribution >= 4 is 55.9 Å². The van der Waals surface area contributed by atoms with Gasteiger partial charge in [-0.2, -0.15) is 4.98 Å². The van der Waals surface area contributed by atoms with E-state index in [0.29, 0.717) is 48.2 Å². The number of carbonyl (C=O) groups is 4. The van der Waals surface area contributed by atoms with Crippen molar-refractivity contribution in [3.8, 4) is 17.3 Å². The molecule has 306 valence electrons. The third-order valence-corrected chi connectivity index (χ3v) is 12.9. The minimum Gasteiger partial charge on any atom is -0.470 e. The summed E-state index contributed by atoms with van der Waals surface area (Å²) in [5, 5.41) is 5.76. The number of aromatic nitrogens is 2. The average Bonchev–Trinajstić information content (AvgIpc) is 4.08. The van der Waals surface area contributed by atoms with Crippen LogP contribution in [0, 0.1) is 5.92 Å². The predicted molar refractivity (Wildman–Crippen MR) is 214 cm³/mol. The quantitative estimate of drug-likeness (QED) is 0.205. The predicted octanol–water partition coefficient (Wildman–Crippen LogP) is 5.29. The van der Waals surface area contributed by atoms with E-state index < -0.39 is 74.3 Å². The van der Waals surface area contributed by atoms with Crippen LogP contribution in [0.2, 0.25) is 0 Å². The van der Waals surface area contributed by atoms with Crippen LogP contribution in [0.15, 0.2) is 71.2 Å². The molecule has 2 aromatic carbocycles. The van der Waals surface area contributed by atoms with E-state index in [0.717, 1.165) is 23.8 Å². The van der Waals surface area contributed by atoms with Crippen molar-refractivity contribution in [2.24, 2.45) is 5.92 Å². The van der Waals surface area contributed by atoms with Gasteiger partial charge in [-0.05, 0) is 71.4 Å². The van der Waals surface area contributed by atoms with Crippen LogP contribution in [0.3, 0.4) is 0 Å². The maximum atomic E-state index is 14.7. The summed E-state index contributed by atoms with van der Waals surface area (Å²) >= 11 is 0. The number of para-hydroxylation sites is 1. The molecule has 58 heavy (non-hydrogen) atoms. The van der Waals surface area contributed by atoms with Gasteiger partial charge in [0.25, 0.3) is 11.8 Å². The van der Waals surface area contributed by atoms with Gasteiger partial charge in [-0.25, -0.2) is 18.2 Å². The van der Waals surface area contributed by atoms with Crippen LogP contribution in [0.5, 0.6) is 5.88 Å². The van der Waals surface area contributed by atoms with Crippen LogP contribution in [-0.2, 0) is 29.1 Å². The Morgan fingerprint density at radius 2 is 1.74 bits per heavy atom. The van der Waals surface area contributed by atoms with Gasteiger partial charge in [-0.3, -0.25) is 19.1 Å². The van der Waals surface area contributed by atoms with Gasteiger partial charge in [0.05, 0.1) is 11.8 Å². The van der Waals surface area contributed by atoms with Gasteiger partial charge in [-0.15, -0.1) is 0 Å². The number of hydrogen-bond donors (Lipinski definition) is 3. The Balaban J connectivity index is 1.14. The number of furan rings is 1. The molecule has 4 amide bonds. The van der Waals surface area contributed by atoms with Crippen molar-refractivity contribution in [3.05, 3.63) is 66.7 Å². The second kappa shape index (κ2) is 15.3. The summed E-state index contributed by atoms with van der Waals surface area (Å²) in [6.07, 6.45) is 6.44. The van der Waals surface area contributed by atoms with Crippen LogP contribution in [0.1, 0.15) is 78.6 Å². The first kappa shape index (κ1) is 39.3. The normalized spacial score (nSPS) is 26.1. The topological polar surface area (TPSA) is 199 Å². The molecule has 15 nitrogen and oxygen atoms in total. The summed E-state index contributed by atoms with van der Waals surface area (Å²) in [4.78, 5) is 67.1. The van der Waals surface area contributed by atoms with Crippen molar-refractivity contribution in [1.29, 1.82) is 0 Å². The van der Waals surface area contributed by atoms with Gasteiger partial charge >= 0.3 is 6.09 Å². The van der Waals surface area contributed by atoms with E-state index in [1.807, 2.05) is 66.7 Å². The van der Waals surface area contributed by atoms with E-state index in [1.165, 1.54) is 4.90 Å². The number of carbonyl (C=O) groups excluding carboxylic acids is 4. The number of nitrogens with zero attached hydrogens (tertiary/aromatic N) is 3. The second-order valence-corrected chi connectivity index (χ2v) is 18.6. The molecule has 0 bridgehead atoms. The maximum Gasteiger partial charge on any atom is 0.408 e. The van der Waals surface area contributed by atoms with Gasteiger partial charge < -0.3 is 29.4 Å². The minimum absolute atomic E-state index is 0.0122. The Hall–Kier alpha value is -5.51. The van der Waals surface area contributed by atoms with E-state index in [2.05, 4.69) is 15.4 Å². The van der Waals surface area contributed by atoms with Crippen LogP contribution in [0.25, 0.3) is 33.5 Å². The Morgan fingerprint density at radius 1 is 0.983 bits per heavy atom. The third kappa shape index (κ3) is 8.24. The van der Waals surface area contributed by atoms with Gasteiger partial charge in [-0.1, -0.05) is 67.5 Å². The molecule has 3 N–H and O–H groups in total. The fraction of sp³-hybridized carbons (Fsp3) is 0.476. The lowest BCUT2D eigenvalue weighted by molar-refractivity contribution is -0.141. The van der Waals surface area contributed by atoms with E-state index in [1.54, 1.807) is 20.8 Å². The number of hydrogen-bond acceptors (Lipinski definition) is 11. The lowest BCUT2D eigenvalue weighted by Crippen LogP contribution is -2.58. The Kier molecular flexibility index (Phi) is 10.4. The summed E-state index contributed by atoms with van der Waals surface area (Å²) in [5.74, 6) is -1.91. The Morgan fingerprint density at radius 3 is 2.50 bits per heavy atom. The first-order valence-corrected chi connectivity index (χ1v) is 21.5. The lowest BCUT2D eigenvalue weighted by Gasteiger charge is -2.30. The second-order valence-electron chi connectivity index (χ2n) is 16.7. The molecule has 16 heteroatoms. The molecule has 1 saturated heterocycles. The molecular weight excluding hydrogens is 765 g/mol. The molecule has 2 aliphatic carbocycles. The number of benzene rings is 2. The summed E-state index contributed by atoms with van der Waals surface area (Å²) in [7, 11) is -3.92. The van der Waals surface area contributed by atoms with Crippen molar-refractivity contribution in [2.45, 2.75) is 113 Å². The number of ether oxygens (including phenoxy) is 2. The van der Waals surface area contributed by atoms with Gasteiger partial charge in [0.2, 0.25) is 27.4 Å². The zero-order chi connectivity index (χ0) is 40.8. The highest BCUT2D eigenvalue weighted by Gasteiger charge is 2.62. The van der Waals surface area contributed by atoms with Crippen LogP contribution in [-0.4, -0.2) is 88.2 Å². The number of fused-ring (bicyclic) bond motifs is 5. The van der Waals surface area contributed by atoms with Gasteiger partial charge in [0, 0.05) is 23.3 Å². The van der Waals surface area contributed by atoms with E-state index in [9.17, 15) is 27.6 Å². The molecule has 4 aliphatic rings. The van der Waals surface area contributed by atoms with E-state index >= 15 is 0 Å². The first-order chi connectivity index (χ1) is 27.7. The average molecular weight is 813 g/mol. The van der Waals surface area contributed by atoms with Crippen LogP contribution < -0.4 is 20.1 Å². The van der Waals surface area contributed by atoms with Crippen LogP contribution >= 0.6 is 0 Å². The van der Waals surface area contributed by atoms with Crippen molar-refractivity contribution in [1.82, 2.24) is 30.2 Å². The molecular formula is C42H48N6O9S. The molecule has 5 atom stereocenters. The number of allylic oxidation sites excluding steroid dienone is 1. The summed E-state index contributed by atoms with van der Waals surface area (Å²) in [6, 6.07) is 14.6. The molecule has 2 aliphatic heterocycles. The molecule has 4 aromatic rings. The van der Waals surface area contributed by atoms with Crippen molar-refractivity contribution in [2.75, 3.05) is 6.54 Å². The highest BCUT2D eigenvalue weighted by Crippen LogP contribution is 2.46. The molecule has 0 radical (unpaired) electrons. The van der Waals surface area contributed by atoms with E-state index in [4.69, 9.17) is 23.9 Å². The maximum absolute atomic E-state index is 14.7. The van der Waals surface area contributed by atoms with Crippen molar-refractivity contribution in [3.63, 3.8) is 0 Å². The molecule has 8 rings (SSSR count). The minimum atomic E-state index is -3.92. The molecule has 2 saturated carbocycles. The van der Waals surface area contributed by atoms with Gasteiger partial charge in [0.15, 0.2) is 5.82 Å². The molecule has 2 aromatic heterocycles. The molecule has 3 fully saturated rings. The largest absolute Gasteiger partial charge is 0.470 e. The number of alkyl carbamates (subject to hydrolysis) is 1. The smallest absolute Gasteiger partial charge is 0.408 e. The molecule has 4 heterocycles. The Bertz CT molecular complexity index is 2390. The first-order valence-electron chi connectivity index (χ1n) is 20.0. The summed E-state index contributed by atoms with van der Waals surface area (Å²) in [5.41, 5.74) is -0.212. The molecule has 0 unspecified atom stereocenters. The van der Waals surface area contributed by atoms with E-state index in [-0.39, 0.29) is 31.7 Å². The van der Waals surface area contributed by atoms with Gasteiger partial charge in [0.1, 0.15) is 40.4 Å². The standard InChI is InChI=1S/C42H48N6O9S/c1-41(2,3)57-40(52)43-30-18-11-6-4-5-10-16-26-23-42(26,39(51)47-58(53,54)28-20-21-28)46-36(49)31-22-27(24-48(31)38(30)50)55-37-34-33(29-17-12-13-19-32(29)56-34)44-35(45-37)25-14-8-7-9-15-25/h7-10,12-17,19,26-28,30-31H,4-6,11,18,20-24H2,1-3H3,(H,43,52)(H,46,49)(H,47,51)/b16-10-/t26-,27-,30+,31+,42-/m1/s1. The highest BCUT2D eigenvalue weighted by atomic mass is 32.2. The zero-order valence-corrected chi connectivity index (χ0v) is 33.5. The monoisotopic (exact) mass is 812 g/mol. The van der Waals surface area contributed by atoms with Crippen molar-refractivity contribution < 1.29 is 41.5 Å². The number of sulfonamides is 1. The fourth-order valence-corrected chi connectivity index (χ4v) is 9.18. The zero-order valence-electron chi connectivity index (χ0n) is 32.7. The number of rotatable bonds is 7. The van der Waals surface area contributed by atoms with Crippen LogP contribution in [0.4, 0.5) is 4.79 Å². The summed E-state index contributed by atoms with van der Waals surface area (Å²) in [6.45, 7) is 5.10. The Labute approximate surface area is 336 Å². The molecule has 0 spiro atoms. The summed E-state index contributed by atoms with van der Waals surface area (Å²) < 4.78 is 46.4. The lowest BCUT2D eigenvalue weighted by atomic mass is 10.0. The fourth-order valence-electron chi connectivity index (χ4n) is 7.82.